The first-order valence-corrected chi connectivity index (χ1v) is 6.05. The summed E-state index contributed by atoms with van der Waals surface area (Å²) in [4.78, 5) is 0. The zero-order valence-corrected chi connectivity index (χ0v) is 10.4. The Morgan fingerprint density at radius 1 is 1.31 bits per heavy atom. The lowest BCUT2D eigenvalue weighted by Gasteiger charge is -2.34. The van der Waals surface area contributed by atoms with Crippen molar-refractivity contribution in [3.63, 3.8) is 0 Å². The minimum Gasteiger partial charge on any atom is -0.496 e. The van der Waals surface area contributed by atoms with Gasteiger partial charge in [-0.15, -0.1) is 0 Å². The fourth-order valence-corrected chi connectivity index (χ4v) is 2.35. The molecule has 0 unspecified atom stereocenters. The van der Waals surface area contributed by atoms with Gasteiger partial charge in [-0.3, -0.25) is 0 Å². The van der Waals surface area contributed by atoms with Gasteiger partial charge in [-0.2, -0.15) is 0 Å². The highest BCUT2D eigenvalue weighted by Gasteiger charge is 2.29. The summed E-state index contributed by atoms with van der Waals surface area (Å²) in [5.41, 5.74) is 8.58. The molecule has 2 N–H and O–H groups in total. The van der Waals surface area contributed by atoms with Crippen LogP contribution in [0.1, 0.15) is 49.7 Å². The maximum Gasteiger partial charge on any atom is 0.122 e. The van der Waals surface area contributed by atoms with Gasteiger partial charge in [-0.05, 0) is 41.9 Å². The molecule has 16 heavy (non-hydrogen) atoms. The molecule has 2 heteroatoms. The summed E-state index contributed by atoms with van der Waals surface area (Å²) in [7, 11) is 1.74. The lowest BCUT2D eigenvalue weighted by molar-refractivity contribution is 0.333. The van der Waals surface area contributed by atoms with E-state index >= 15 is 0 Å². The van der Waals surface area contributed by atoms with Crippen molar-refractivity contribution in [2.24, 2.45) is 5.73 Å². The minimum atomic E-state index is 0.386. The Bertz CT molecular complexity index is 367. The van der Waals surface area contributed by atoms with E-state index in [4.69, 9.17) is 10.5 Å². The summed E-state index contributed by atoms with van der Waals surface area (Å²) in [6, 6.07) is 6.93. The Morgan fingerprint density at radius 3 is 2.50 bits per heavy atom. The quantitative estimate of drug-likeness (QED) is 0.848. The second-order valence-corrected chi connectivity index (χ2v) is 5.08. The molecule has 0 atom stereocenters. The Labute approximate surface area is 97.8 Å². The van der Waals surface area contributed by atoms with E-state index in [-0.39, 0.29) is 0 Å². The molecule has 0 saturated heterocycles. The molecule has 1 aromatic carbocycles. The van der Waals surface area contributed by atoms with E-state index in [2.05, 4.69) is 32.0 Å². The summed E-state index contributed by atoms with van der Waals surface area (Å²) in [6.45, 7) is 4.44. The standard InChI is InChI=1S/C14H21NO/c1-9(2)10-4-5-14(16-3)13(8-10)11-6-12(15)7-11/h4-5,8-9,11-12H,6-7,15H2,1-3H3. The van der Waals surface area contributed by atoms with Gasteiger partial charge in [0.2, 0.25) is 0 Å². The first-order valence-electron chi connectivity index (χ1n) is 6.05. The topological polar surface area (TPSA) is 35.2 Å². The highest BCUT2D eigenvalue weighted by molar-refractivity contribution is 5.42. The summed E-state index contributed by atoms with van der Waals surface area (Å²) in [6.07, 6.45) is 2.19. The molecular formula is C14H21NO. The zero-order valence-electron chi connectivity index (χ0n) is 10.4. The van der Waals surface area contributed by atoms with Crippen molar-refractivity contribution < 1.29 is 4.74 Å². The summed E-state index contributed by atoms with van der Waals surface area (Å²) in [5.74, 6) is 2.18. The van der Waals surface area contributed by atoms with E-state index < -0.39 is 0 Å². The number of hydrogen-bond donors (Lipinski definition) is 1. The van der Waals surface area contributed by atoms with Gasteiger partial charge < -0.3 is 10.5 Å². The molecule has 0 radical (unpaired) electrons. The monoisotopic (exact) mass is 219 g/mol. The van der Waals surface area contributed by atoms with Crippen molar-refractivity contribution in [2.45, 2.75) is 44.6 Å². The zero-order chi connectivity index (χ0) is 11.7. The highest BCUT2D eigenvalue weighted by Crippen LogP contribution is 2.41. The van der Waals surface area contributed by atoms with Gasteiger partial charge in [-0.25, -0.2) is 0 Å². The smallest absolute Gasteiger partial charge is 0.122 e. The molecule has 1 saturated carbocycles. The Kier molecular flexibility index (Phi) is 3.20. The molecule has 0 amide bonds. The van der Waals surface area contributed by atoms with Gasteiger partial charge >= 0.3 is 0 Å². The molecule has 0 spiro atoms. The maximum atomic E-state index is 5.85. The molecule has 1 aromatic rings. The van der Waals surface area contributed by atoms with E-state index in [9.17, 15) is 0 Å². The van der Waals surface area contributed by atoms with Crippen molar-refractivity contribution in [3.05, 3.63) is 29.3 Å². The van der Waals surface area contributed by atoms with Crippen molar-refractivity contribution >= 4 is 0 Å². The highest BCUT2D eigenvalue weighted by atomic mass is 16.5. The normalized spacial score (nSPS) is 24.3. The molecule has 0 aliphatic heterocycles. The van der Waals surface area contributed by atoms with Crippen LogP contribution in [0.5, 0.6) is 5.75 Å². The van der Waals surface area contributed by atoms with Gasteiger partial charge in [0.05, 0.1) is 7.11 Å². The van der Waals surface area contributed by atoms with Crippen molar-refractivity contribution in [1.82, 2.24) is 0 Å². The molecule has 0 aromatic heterocycles. The van der Waals surface area contributed by atoms with E-state index in [0.29, 0.717) is 17.9 Å². The van der Waals surface area contributed by atoms with Gasteiger partial charge in [0.25, 0.3) is 0 Å². The third kappa shape index (κ3) is 2.07. The first-order chi connectivity index (χ1) is 7.61. The molecule has 1 aliphatic rings. The number of hydrogen-bond acceptors (Lipinski definition) is 2. The Morgan fingerprint density at radius 2 is 2.00 bits per heavy atom. The lowest BCUT2D eigenvalue weighted by atomic mass is 9.75. The molecule has 1 fully saturated rings. The average Bonchev–Trinajstić information content (AvgIpc) is 2.24. The molecule has 0 bridgehead atoms. The predicted molar refractivity (Wildman–Crippen MR) is 67.0 cm³/mol. The maximum absolute atomic E-state index is 5.85. The first kappa shape index (κ1) is 11.5. The number of nitrogens with two attached hydrogens (primary N) is 1. The van der Waals surface area contributed by atoms with Crippen LogP contribution in [0.3, 0.4) is 0 Å². The van der Waals surface area contributed by atoms with Crippen molar-refractivity contribution in [3.8, 4) is 5.75 Å². The third-order valence-corrected chi connectivity index (χ3v) is 3.53. The van der Waals surface area contributed by atoms with Crippen molar-refractivity contribution in [1.29, 1.82) is 0 Å². The Balaban J connectivity index is 2.29. The van der Waals surface area contributed by atoms with E-state index in [1.54, 1.807) is 7.11 Å². The van der Waals surface area contributed by atoms with E-state index in [0.717, 1.165) is 18.6 Å². The molecule has 88 valence electrons. The number of benzene rings is 1. The van der Waals surface area contributed by atoms with Crippen LogP contribution >= 0.6 is 0 Å². The molecule has 1 aliphatic carbocycles. The van der Waals surface area contributed by atoms with Crippen LogP contribution in [0.4, 0.5) is 0 Å². The summed E-state index contributed by atoms with van der Waals surface area (Å²) >= 11 is 0. The van der Waals surface area contributed by atoms with Crippen LogP contribution in [0.15, 0.2) is 18.2 Å². The number of rotatable bonds is 3. The minimum absolute atomic E-state index is 0.386. The van der Waals surface area contributed by atoms with E-state index in [1.165, 1.54) is 11.1 Å². The van der Waals surface area contributed by atoms with Crippen LogP contribution in [0.2, 0.25) is 0 Å². The van der Waals surface area contributed by atoms with Crippen LogP contribution in [0, 0.1) is 0 Å². The van der Waals surface area contributed by atoms with Crippen LogP contribution in [-0.2, 0) is 0 Å². The molecule has 2 rings (SSSR count). The fraction of sp³-hybridized carbons (Fsp3) is 0.571. The van der Waals surface area contributed by atoms with Gasteiger partial charge in [0.1, 0.15) is 5.75 Å². The molecule has 0 heterocycles. The SMILES string of the molecule is COc1ccc(C(C)C)cc1C1CC(N)C1. The second-order valence-electron chi connectivity index (χ2n) is 5.08. The Hall–Kier alpha value is -1.02. The summed E-state index contributed by atoms with van der Waals surface area (Å²) < 4.78 is 5.43. The van der Waals surface area contributed by atoms with Crippen LogP contribution in [0.25, 0.3) is 0 Å². The number of methoxy groups -OCH3 is 1. The third-order valence-electron chi connectivity index (χ3n) is 3.53. The van der Waals surface area contributed by atoms with Crippen LogP contribution in [-0.4, -0.2) is 13.2 Å². The van der Waals surface area contributed by atoms with Crippen LogP contribution < -0.4 is 10.5 Å². The number of ether oxygens (including phenoxy) is 1. The predicted octanol–water partition coefficient (Wildman–Crippen LogP) is 3.02. The van der Waals surface area contributed by atoms with Gasteiger partial charge in [0.15, 0.2) is 0 Å². The largest absolute Gasteiger partial charge is 0.496 e. The van der Waals surface area contributed by atoms with Gasteiger partial charge in [0, 0.05) is 6.04 Å². The average molecular weight is 219 g/mol. The fourth-order valence-electron chi connectivity index (χ4n) is 2.35. The van der Waals surface area contributed by atoms with E-state index in [1.807, 2.05) is 0 Å². The van der Waals surface area contributed by atoms with Gasteiger partial charge in [-0.1, -0.05) is 26.0 Å². The second kappa shape index (κ2) is 4.46. The lowest BCUT2D eigenvalue weighted by Crippen LogP contribution is -2.34. The summed E-state index contributed by atoms with van der Waals surface area (Å²) in [5, 5.41) is 0. The molecular weight excluding hydrogens is 198 g/mol. The van der Waals surface area contributed by atoms with Crippen molar-refractivity contribution in [2.75, 3.05) is 7.11 Å². The molecule has 2 nitrogen and oxygen atoms in total.